The average Bonchev–Trinajstić information content (AvgIpc) is 2.93. The number of pyridine rings is 1. The minimum absolute atomic E-state index is 0.0310. The first kappa shape index (κ1) is 21.5. The zero-order valence-electron chi connectivity index (χ0n) is 15.3. The number of carbonyl (C=O) groups is 4. The fourth-order valence-electron chi connectivity index (χ4n) is 2.81. The van der Waals surface area contributed by atoms with Crippen LogP contribution in [0, 0.1) is 0 Å². The molecule has 10 heteroatoms. The zero-order chi connectivity index (χ0) is 20.9. The molecule has 0 saturated carbocycles. The van der Waals surface area contributed by atoms with Crippen molar-refractivity contribution >= 4 is 23.9 Å². The summed E-state index contributed by atoms with van der Waals surface area (Å²) in [5, 5.41) is 0. The average molecular weight is 399 g/mol. The monoisotopic (exact) mass is 399 g/mol. The molecule has 0 radical (unpaired) electrons. The van der Waals surface area contributed by atoms with Gasteiger partial charge in [0.15, 0.2) is 5.78 Å². The van der Waals surface area contributed by atoms with Crippen molar-refractivity contribution in [3.8, 4) is 0 Å². The van der Waals surface area contributed by atoms with Gasteiger partial charge in [0.1, 0.15) is 17.8 Å². The van der Waals surface area contributed by atoms with Gasteiger partial charge >= 0.3 is 12.2 Å². The highest BCUT2D eigenvalue weighted by Gasteiger charge is 2.34. The number of rotatable bonds is 9. The van der Waals surface area contributed by atoms with Crippen LogP contribution in [0.15, 0.2) is 12.1 Å². The van der Waals surface area contributed by atoms with E-state index in [1.807, 2.05) is 0 Å². The number of aromatic nitrogens is 1. The van der Waals surface area contributed by atoms with Gasteiger partial charge in [0.05, 0.1) is 18.7 Å². The van der Waals surface area contributed by atoms with E-state index >= 15 is 0 Å². The summed E-state index contributed by atoms with van der Waals surface area (Å²) in [6.45, 7) is 0.454. The molecule has 2 amide bonds. The summed E-state index contributed by atoms with van der Waals surface area (Å²) >= 11 is 0. The maximum atomic E-state index is 13.0. The molecule has 1 aliphatic heterocycles. The fraction of sp³-hybridized carbons (Fsp3) is 0.500. The predicted molar refractivity (Wildman–Crippen MR) is 91.5 cm³/mol. The van der Waals surface area contributed by atoms with E-state index in [4.69, 9.17) is 0 Å². The lowest BCUT2D eigenvalue weighted by Gasteiger charge is -2.18. The summed E-state index contributed by atoms with van der Waals surface area (Å²) < 4.78 is 39.1. The van der Waals surface area contributed by atoms with Gasteiger partial charge in [-0.2, -0.15) is 13.2 Å². The van der Waals surface area contributed by atoms with Crippen LogP contribution in [0.2, 0.25) is 0 Å². The second kappa shape index (κ2) is 8.94. The Morgan fingerprint density at radius 2 is 1.96 bits per heavy atom. The van der Waals surface area contributed by atoms with Crippen LogP contribution in [-0.4, -0.2) is 58.8 Å². The molecular weight excluding hydrogens is 379 g/mol. The van der Waals surface area contributed by atoms with Crippen LogP contribution in [0.25, 0.3) is 0 Å². The van der Waals surface area contributed by atoms with Crippen LogP contribution in [0.3, 0.4) is 0 Å². The Kier molecular flexibility index (Phi) is 6.87. The van der Waals surface area contributed by atoms with Crippen molar-refractivity contribution in [3.63, 3.8) is 0 Å². The maximum Gasteiger partial charge on any atom is 0.433 e. The number of aldehydes is 1. The van der Waals surface area contributed by atoms with E-state index in [1.165, 1.54) is 9.80 Å². The smallest absolute Gasteiger partial charge is 0.326 e. The highest BCUT2D eigenvalue weighted by molar-refractivity contribution is 6.08. The Morgan fingerprint density at radius 1 is 1.25 bits per heavy atom. The molecule has 0 N–H and O–H groups in total. The molecule has 1 fully saturated rings. The van der Waals surface area contributed by atoms with Crippen LogP contribution in [0.5, 0.6) is 0 Å². The van der Waals surface area contributed by atoms with E-state index in [0.29, 0.717) is 31.9 Å². The third kappa shape index (κ3) is 5.37. The Hall–Kier alpha value is -2.78. The van der Waals surface area contributed by atoms with Gasteiger partial charge in [-0.3, -0.25) is 9.59 Å². The lowest BCUT2D eigenvalue weighted by atomic mass is 10.0. The minimum Gasteiger partial charge on any atom is -0.326 e. The van der Waals surface area contributed by atoms with Gasteiger partial charge in [-0.05, 0) is 18.6 Å². The number of alkyl halides is 3. The molecule has 28 heavy (non-hydrogen) atoms. The predicted octanol–water partition coefficient (Wildman–Crippen LogP) is 2.48. The molecule has 152 valence electrons. The van der Waals surface area contributed by atoms with Gasteiger partial charge in [0.25, 0.3) is 0 Å². The van der Waals surface area contributed by atoms with Crippen molar-refractivity contribution in [2.24, 2.45) is 0 Å². The molecule has 2 heterocycles. The molecule has 2 rings (SSSR count). The van der Waals surface area contributed by atoms with Gasteiger partial charge in [0, 0.05) is 38.5 Å². The number of hydrogen-bond donors (Lipinski definition) is 0. The number of halogens is 3. The number of unbranched alkanes of at least 4 members (excludes halogenated alkanes) is 1. The lowest BCUT2D eigenvalue weighted by Crippen LogP contribution is -2.30. The van der Waals surface area contributed by atoms with Crippen molar-refractivity contribution in [3.05, 3.63) is 29.1 Å². The second-order valence-corrected chi connectivity index (χ2v) is 6.51. The lowest BCUT2D eigenvalue weighted by molar-refractivity contribution is -0.141. The molecule has 0 unspecified atom stereocenters. The molecule has 0 aliphatic carbocycles. The van der Waals surface area contributed by atoms with Crippen molar-refractivity contribution in [1.82, 2.24) is 14.8 Å². The second-order valence-electron chi connectivity index (χ2n) is 6.51. The molecule has 1 aromatic heterocycles. The Bertz CT molecular complexity index is 780. The van der Waals surface area contributed by atoms with Crippen molar-refractivity contribution in [2.75, 3.05) is 20.1 Å². The number of carbonyl (C=O) groups excluding carboxylic acids is 4. The molecule has 0 aromatic carbocycles. The van der Waals surface area contributed by atoms with E-state index in [2.05, 4.69) is 4.98 Å². The van der Waals surface area contributed by atoms with Crippen molar-refractivity contribution in [2.45, 2.75) is 38.4 Å². The van der Waals surface area contributed by atoms with Gasteiger partial charge in [-0.15, -0.1) is 0 Å². The number of ketones is 2. The molecule has 0 spiro atoms. The number of amides is 2. The van der Waals surface area contributed by atoms with Gasteiger partial charge in [-0.25, -0.2) is 9.78 Å². The maximum absolute atomic E-state index is 13.0. The molecule has 0 atom stereocenters. The summed E-state index contributed by atoms with van der Waals surface area (Å²) in [4.78, 5) is 52.9. The normalized spacial score (nSPS) is 14.5. The topological polar surface area (TPSA) is 87.7 Å². The first-order valence-electron chi connectivity index (χ1n) is 8.69. The summed E-state index contributed by atoms with van der Waals surface area (Å²) in [5.74, 6) is -1.07. The first-order chi connectivity index (χ1) is 13.1. The molecular formula is C18H20F3N3O4. The van der Waals surface area contributed by atoms with E-state index < -0.39 is 29.9 Å². The fourth-order valence-corrected chi connectivity index (χ4v) is 2.81. The summed E-state index contributed by atoms with van der Waals surface area (Å²) in [5.41, 5.74) is -1.47. The number of nitrogens with zero attached hydrogens (tertiary/aromatic N) is 3. The third-order valence-electron chi connectivity index (χ3n) is 4.34. The van der Waals surface area contributed by atoms with Gasteiger partial charge in [0.2, 0.25) is 0 Å². The number of hydrogen-bond acceptors (Lipinski definition) is 5. The molecule has 1 aromatic rings. The summed E-state index contributed by atoms with van der Waals surface area (Å²) in [6.07, 6.45) is -4.00. The summed E-state index contributed by atoms with van der Waals surface area (Å²) in [7, 11) is 1.56. The van der Waals surface area contributed by atoms with E-state index in [9.17, 15) is 32.3 Å². The summed E-state index contributed by atoms with van der Waals surface area (Å²) in [6, 6.07) is 1.31. The zero-order valence-corrected chi connectivity index (χ0v) is 15.3. The number of urea groups is 1. The third-order valence-corrected chi connectivity index (χ3v) is 4.34. The quantitative estimate of drug-likeness (QED) is 0.276. The van der Waals surface area contributed by atoms with Crippen LogP contribution < -0.4 is 0 Å². The van der Waals surface area contributed by atoms with Gasteiger partial charge < -0.3 is 14.6 Å². The van der Waals surface area contributed by atoms with Crippen LogP contribution in [0.1, 0.15) is 47.4 Å². The van der Waals surface area contributed by atoms with Gasteiger partial charge in [-0.1, -0.05) is 0 Å². The number of likely N-dealkylation sites (N-methyl/N-ethyl adjacent to an activating group) is 1. The van der Waals surface area contributed by atoms with Crippen molar-refractivity contribution < 1.29 is 32.3 Å². The first-order valence-corrected chi connectivity index (χ1v) is 8.69. The Morgan fingerprint density at radius 3 is 2.54 bits per heavy atom. The highest BCUT2D eigenvalue weighted by atomic mass is 19.4. The van der Waals surface area contributed by atoms with Crippen molar-refractivity contribution in [1.29, 1.82) is 0 Å². The number of Topliss-reactive ketones (excluding diaryl/α,β-unsaturated/α-hetero) is 2. The minimum atomic E-state index is -4.70. The largest absolute Gasteiger partial charge is 0.433 e. The highest BCUT2D eigenvalue weighted by Crippen LogP contribution is 2.29. The molecule has 1 aliphatic rings. The van der Waals surface area contributed by atoms with E-state index in [0.717, 1.165) is 6.07 Å². The molecule has 0 bridgehead atoms. The van der Waals surface area contributed by atoms with Crippen LogP contribution >= 0.6 is 0 Å². The Labute approximate surface area is 159 Å². The van der Waals surface area contributed by atoms with E-state index in [1.54, 1.807) is 7.05 Å². The van der Waals surface area contributed by atoms with Crippen LogP contribution in [-0.2, 0) is 22.3 Å². The molecule has 1 saturated heterocycles. The van der Waals surface area contributed by atoms with Crippen LogP contribution in [0.4, 0.5) is 18.0 Å². The SMILES string of the molecule is CN1CCN(Cc2nc(C(F)(F)F)ccc2C(=O)CC(=O)CCCC=O)C1=O. The Balaban J connectivity index is 2.24. The molecule has 7 nitrogen and oxygen atoms in total. The standard InChI is InChI=1S/C18H20F3N3O4/c1-23-7-8-24(17(23)28)11-14-13(5-6-16(22-14)18(19,20)21)15(27)10-12(26)4-2-3-9-25/h5-6,9H,2-4,7-8,10-11H2,1H3. The van der Waals surface area contributed by atoms with E-state index in [-0.39, 0.29) is 36.7 Å².